The predicted molar refractivity (Wildman–Crippen MR) is 109 cm³/mol. The summed E-state index contributed by atoms with van der Waals surface area (Å²) in [5.74, 6) is 0.920. The lowest BCUT2D eigenvalue weighted by molar-refractivity contribution is 0.408. The van der Waals surface area contributed by atoms with Crippen molar-refractivity contribution in [3.8, 4) is 11.4 Å². The first-order chi connectivity index (χ1) is 13.3. The molecule has 0 spiro atoms. The second kappa shape index (κ2) is 8.27. The topological polar surface area (TPSA) is 42.3 Å². The third-order valence-corrected chi connectivity index (χ3v) is 5.27. The van der Waals surface area contributed by atoms with Crippen LogP contribution in [0.4, 0.5) is 5.69 Å². The summed E-state index contributed by atoms with van der Waals surface area (Å²) in [5, 5.41) is 3.75. The minimum absolute atomic E-state index is 0.544. The Morgan fingerprint density at radius 1 is 1.11 bits per heavy atom. The van der Waals surface area contributed by atoms with Gasteiger partial charge < -0.3 is 19.5 Å². The fourth-order valence-corrected chi connectivity index (χ4v) is 3.72. The number of hydrogen-bond acceptors (Lipinski definition) is 4. The lowest BCUT2D eigenvalue weighted by Gasteiger charge is -2.34. The summed E-state index contributed by atoms with van der Waals surface area (Å²) >= 11 is 0. The average molecular weight is 362 g/mol. The molecule has 2 heterocycles. The van der Waals surface area contributed by atoms with Gasteiger partial charge in [-0.25, -0.2) is 4.98 Å². The van der Waals surface area contributed by atoms with Crippen molar-refractivity contribution in [2.24, 2.45) is 0 Å². The number of benzene rings is 2. The SMILES string of the molecule is COc1cccc(N2CCC(NCc3ccccc3-n3ccnc3)CC2)c1. The quantitative estimate of drug-likeness (QED) is 0.727. The number of piperidine rings is 1. The number of methoxy groups -OCH3 is 1. The summed E-state index contributed by atoms with van der Waals surface area (Å²) in [6.45, 7) is 3.00. The van der Waals surface area contributed by atoms with Crippen LogP contribution in [0.2, 0.25) is 0 Å². The number of ether oxygens (including phenoxy) is 1. The standard InChI is InChI=1S/C22H26N4O/c1-27-21-7-4-6-20(15-21)25-12-9-19(10-13-25)24-16-18-5-2-3-8-22(18)26-14-11-23-17-26/h2-8,11,14-15,17,19,24H,9-10,12-13,16H2,1H3. The van der Waals surface area contributed by atoms with Crippen LogP contribution in [0.3, 0.4) is 0 Å². The summed E-state index contributed by atoms with van der Waals surface area (Å²) in [6, 6.07) is 17.4. The number of imidazole rings is 1. The Hall–Kier alpha value is -2.79. The van der Waals surface area contributed by atoms with Gasteiger partial charge in [0, 0.05) is 49.8 Å². The smallest absolute Gasteiger partial charge is 0.120 e. The van der Waals surface area contributed by atoms with E-state index in [2.05, 4.69) is 62.2 Å². The van der Waals surface area contributed by atoms with E-state index in [4.69, 9.17) is 4.74 Å². The summed E-state index contributed by atoms with van der Waals surface area (Å²) in [6.07, 6.45) is 7.95. The molecule has 0 saturated carbocycles. The van der Waals surface area contributed by atoms with E-state index in [1.807, 2.05) is 24.8 Å². The van der Waals surface area contributed by atoms with Gasteiger partial charge in [-0.05, 0) is 36.6 Å². The highest BCUT2D eigenvalue weighted by molar-refractivity contribution is 5.51. The molecule has 1 aliphatic rings. The van der Waals surface area contributed by atoms with Crippen molar-refractivity contribution < 1.29 is 4.74 Å². The molecular weight excluding hydrogens is 336 g/mol. The predicted octanol–water partition coefficient (Wildman–Crippen LogP) is 3.64. The Kier molecular flexibility index (Phi) is 5.39. The maximum absolute atomic E-state index is 5.35. The summed E-state index contributed by atoms with van der Waals surface area (Å²) in [5.41, 5.74) is 3.74. The molecular formula is C22H26N4O. The molecule has 5 heteroatoms. The van der Waals surface area contributed by atoms with Gasteiger partial charge in [0.2, 0.25) is 0 Å². The molecule has 0 unspecified atom stereocenters. The number of rotatable bonds is 6. The highest BCUT2D eigenvalue weighted by atomic mass is 16.5. The number of hydrogen-bond donors (Lipinski definition) is 1. The first-order valence-corrected chi connectivity index (χ1v) is 9.52. The van der Waals surface area contributed by atoms with Crippen molar-refractivity contribution in [1.29, 1.82) is 0 Å². The first kappa shape index (κ1) is 17.6. The summed E-state index contributed by atoms with van der Waals surface area (Å²) < 4.78 is 7.42. The average Bonchev–Trinajstić information content (AvgIpc) is 3.28. The third kappa shape index (κ3) is 4.14. The van der Waals surface area contributed by atoms with Crippen LogP contribution in [-0.4, -0.2) is 35.8 Å². The van der Waals surface area contributed by atoms with Crippen LogP contribution in [0.1, 0.15) is 18.4 Å². The van der Waals surface area contributed by atoms with Gasteiger partial charge in [-0.15, -0.1) is 0 Å². The number of nitrogens with zero attached hydrogens (tertiary/aromatic N) is 3. The van der Waals surface area contributed by atoms with E-state index in [0.717, 1.165) is 38.2 Å². The molecule has 27 heavy (non-hydrogen) atoms. The van der Waals surface area contributed by atoms with E-state index in [1.165, 1.54) is 16.9 Å². The fourth-order valence-electron chi connectivity index (χ4n) is 3.72. The molecule has 0 aliphatic carbocycles. The zero-order valence-electron chi connectivity index (χ0n) is 15.7. The lowest BCUT2D eigenvalue weighted by atomic mass is 10.0. The minimum Gasteiger partial charge on any atom is -0.497 e. The van der Waals surface area contributed by atoms with Gasteiger partial charge in [0.05, 0.1) is 19.1 Å². The second-order valence-electron chi connectivity index (χ2n) is 6.94. The van der Waals surface area contributed by atoms with Crippen LogP contribution in [0.5, 0.6) is 5.75 Å². The van der Waals surface area contributed by atoms with Crippen molar-refractivity contribution >= 4 is 5.69 Å². The van der Waals surface area contributed by atoms with Gasteiger partial charge in [0.15, 0.2) is 0 Å². The minimum atomic E-state index is 0.544. The second-order valence-corrected chi connectivity index (χ2v) is 6.94. The molecule has 4 rings (SSSR count). The van der Waals surface area contributed by atoms with Crippen LogP contribution < -0.4 is 15.0 Å². The monoisotopic (exact) mass is 362 g/mol. The van der Waals surface area contributed by atoms with Gasteiger partial charge in [0.1, 0.15) is 5.75 Å². The van der Waals surface area contributed by atoms with E-state index in [-0.39, 0.29) is 0 Å². The molecule has 1 aliphatic heterocycles. The summed E-state index contributed by atoms with van der Waals surface area (Å²) in [7, 11) is 1.72. The van der Waals surface area contributed by atoms with Crippen LogP contribution in [-0.2, 0) is 6.54 Å². The number of para-hydroxylation sites is 1. The van der Waals surface area contributed by atoms with Crippen molar-refractivity contribution in [3.63, 3.8) is 0 Å². The zero-order valence-corrected chi connectivity index (χ0v) is 15.7. The van der Waals surface area contributed by atoms with Crippen LogP contribution in [0.15, 0.2) is 67.3 Å². The number of anilines is 1. The van der Waals surface area contributed by atoms with Crippen LogP contribution in [0.25, 0.3) is 5.69 Å². The van der Waals surface area contributed by atoms with Gasteiger partial charge in [-0.3, -0.25) is 0 Å². The zero-order chi connectivity index (χ0) is 18.5. The Morgan fingerprint density at radius 2 is 1.96 bits per heavy atom. The van der Waals surface area contributed by atoms with E-state index in [9.17, 15) is 0 Å². The molecule has 0 atom stereocenters. The molecule has 1 fully saturated rings. The molecule has 3 aromatic rings. The van der Waals surface area contributed by atoms with E-state index in [1.54, 1.807) is 7.11 Å². The van der Waals surface area contributed by atoms with E-state index < -0.39 is 0 Å². The maximum atomic E-state index is 5.35. The lowest BCUT2D eigenvalue weighted by Crippen LogP contribution is -2.42. The third-order valence-electron chi connectivity index (χ3n) is 5.27. The Labute approximate surface area is 160 Å². The molecule has 0 bridgehead atoms. The van der Waals surface area contributed by atoms with E-state index >= 15 is 0 Å². The van der Waals surface area contributed by atoms with Crippen molar-refractivity contribution in [2.45, 2.75) is 25.4 Å². The first-order valence-electron chi connectivity index (χ1n) is 9.52. The molecule has 2 aromatic carbocycles. The molecule has 1 saturated heterocycles. The Morgan fingerprint density at radius 3 is 2.74 bits per heavy atom. The number of nitrogens with one attached hydrogen (secondary N) is 1. The summed E-state index contributed by atoms with van der Waals surface area (Å²) in [4.78, 5) is 6.61. The van der Waals surface area contributed by atoms with Crippen molar-refractivity contribution in [2.75, 3.05) is 25.1 Å². The fraction of sp³-hybridized carbons (Fsp3) is 0.318. The van der Waals surface area contributed by atoms with E-state index in [0.29, 0.717) is 6.04 Å². The van der Waals surface area contributed by atoms with Crippen LogP contribution >= 0.6 is 0 Å². The van der Waals surface area contributed by atoms with Gasteiger partial charge in [-0.2, -0.15) is 0 Å². The molecule has 0 amide bonds. The molecule has 1 aromatic heterocycles. The van der Waals surface area contributed by atoms with Crippen molar-refractivity contribution in [3.05, 3.63) is 72.8 Å². The highest BCUT2D eigenvalue weighted by Gasteiger charge is 2.19. The van der Waals surface area contributed by atoms with Gasteiger partial charge in [-0.1, -0.05) is 24.3 Å². The molecule has 1 N–H and O–H groups in total. The maximum Gasteiger partial charge on any atom is 0.120 e. The van der Waals surface area contributed by atoms with Gasteiger partial charge >= 0.3 is 0 Å². The normalized spacial score (nSPS) is 15.1. The molecule has 140 valence electrons. The Balaban J connectivity index is 1.34. The Bertz CT molecular complexity index is 854. The van der Waals surface area contributed by atoms with Gasteiger partial charge in [0.25, 0.3) is 0 Å². The number of aromatic nitrogens is 2. The van der Waals surface area contributed by atoms with Crippen molar-refractivity contribution in [1.82, 2.24) is 14.9 Å². The highest BCUT2D eigenvalue weighted by Crippen LogP contribution is 2.24. The molecule has 5 nitrogen and oxygen atoms in total. The largest absolute Gasteiger partial charge is 0.497 e. The molecule has 0 radical (unpaired) electrons. The van der Waals surface area contributed by atoms with Crippen LogP contribution in [0, 0.1) is 0 Å².